The zero-order valence-electron chi connectivity index (χ0n) is 16.6. The van der Waals surface area contributed by atoms with Crippen LogP contribution in [0.25, 0.3) is 0 Å². The first kappa shape index (κ1) is 20.5. The molecule has 0 spiro atoms. The van der Waals surface area contributed by atoms with Crippen molar-refractivity contribution in [2.45, 2.75) is 44.0 Å². The highest BCUT2D eigenvalue weighted by Crippen LogP contribution is 2.29. The van der Waals surface area contributed by atoms with Gasteiger partial charge in [0, 0.05) is 43.0 Å². The Bertz CT molecular complexity index is 980. The summed E-state index contributed by atoms with van der Waals surface area (Å²) in [6, 6.07) is 6.15. The van der Waals surface area contributed by atoms with Crippen molar-refractivity contribution in [2.75, 3.05) is 31.5 Å². The van der Waals surface area contributed by atoms with Gasteiger partial charge in [-0.15, -0.1) is 11.3 Å². The van der Waals surface area contributed by atoms with Gasteiger partial charge in [-0.25, -0.2) is 13.4 Å². The second-order valence-corrected chi connectivity index (χ2v) is 10.5. The zero-order chi connectivity index (χ0) is 20.4. The predicted molar refractivity (Wildman–Crippen MR) is 114 cm³/mol. The van der Waals surface area contributed by atoms with Gasteiger partial charge in [0.25, 0.3) is 5.91 Å². The van der Waals surface area contributed by atoms with Gasteiger partial charge in [-0.2, -0.15) is 4.31 Å². The van der Waals surface area contributed by atoms with E-state index in [1.54, 1.807) is 12.1 Å². The topological polar surface area (TPSA) is 82.6 Å². The first-order chi connectivity index (χ1) is 14.0. The Balaban J connectivity index is 1.43. The smallest absolute Gasteiger partial charge is 0.257 e. The molecule has 156 valence electrons. The Morgan fingerprint density at radius 1 is 1.17 bits per heavy atom. The van der Waals surface area contributed by atoms with E-state index >= 15 is 0 Å². The number of thiazole rings is 1. The van der Waals surface area contributed by atoms with Crippen molar-refractivity contribution < 1.29 is 13.2 Å². The number of nitrogens with one attached hydrogen (secondary N) is 1. The predicted octanol–water partition coefficient (Wildman–Crippen LogP) is 2.95. The summed E-state index contributed by atoms with van der Waals surface area (Å²) < 4.78 is 26.7. The third-order valence-corrected chi connectivity index (χ3v) is 8.30. The summed E-state index contributed by atoms with van der Waals surface area (Å²) in [5, 5.41) is 3.47. The molecule has 2 aliphatic rings. The van der Waals surface area contributed by atoms with Crippen LogP contribution in [0.4, 0.5) is 5.13 Å². The van der Waals surface area contributed by atoms with Crippen LogP contribution in [-0.2, 0) is 23.0 Å². The average Bonchev–Trinajstić information content (AvgIpc) is 3.38. The molecule has 0 aliphatic carbocycles. The van der Waals surface area contributed by atoms with Crippen molar-refractivity contribution in [1.29, 1.82) is 0 Å². The maximum atomic E-state index is 12.6. The zero-order valence-corrected chi connectivity index (χ0v) is 18.2. The van der Waals surface area contributed by atoms with Gasteiger partial charge in [0.1, 0.15) is 0 Å². The number of hydrogen-bond donors (Lipinski definition) is 1. The number of rotatable bonds is 6. The number of benzene rings is 1. The van der Waals surface area contributed by atoms with E-state index < -0.39 is 10.0 Å². The van der Waals surface area contributed by atoms with E-state index in [-0.39, 0.29) is 10.8 Å². The summed E-state index contributed by atoms with van der Waals surface area (Å²) in [4.78, 5) is 21.0. The molecule has 0 radical (unpaired) electrons. The maximum absolute atomic E-state index is 12.6. The lowest BCUT2D eigenvalue weighted by molar-refractivity contribution is 0.102. The van der Waals surface area contributed by atoms with Crippen LogP contribution in [0.15, 0.2) is 29.2 Å². The molecule has 9 heteroatoms. The van der Waals surface area contributed by atoms with Gasteiger partial charge in [-0.3, -0.25) is 15.0 Å². The maximum Gasteiger partial charge on any atom is 0.257 e. The standard InChI is InChI=1S/C20H26N4O3S2/c1-2-10-23-13-9-17-18(14-23)28-20(21-17)22-19(25)15-5-7-16(8-6-15)29(26,27)24-11-3-4-12-24/h5-8H,2-4,9-14H2,1H3,(H,21,22,25). The monoisotopic (exact) mass is 434 g/mol. The minimum Gasteiger partial charge on any atom is -0.298 e. The van der Waals surface area contributed by atoms with Crippen molar-refractivity contribution in [3.63, 3.8) is 0 Å². The Morgan fingerprint density at radius 3 is 2.59 bits per heavy atom. The van der Waals surface area contributed by atoms with E-state index in [1.807, 2.05) is 0 Å². The van der Waals surface area contributed by atoms with Crippen LogP contribution in [0, 0.1) is 0 Å². The van der Waals surface area contributed by atoms with Crippen LogP contribution in [-0.4, -0.2) is 54.7 Å². The summed E-state index contributed by atoms with van der Waals surface area (Å²) in [6.45, 7) is 6.27. The lowest BCUT2D eigenvalue weighted by Crippen LogP contribution is -2.30. The molecule has 2 aliphatic heterocycles. The number of carbonyl (C=O) groups excluding carboxylic acids is 1. The Labute approximate surface area is 175 Å². The quantitative estimate of drug-likeness (QED) is 0.756. The molecule has 0 atom stereocenters. The fraction of sp³-hybridized carbons (Fsp3) is 0.500. The van der Waals surface area contributed by atoms with Crippen molar-refractivity contribution in [3.8, 4) is 0 Å². The molecule has 1 amide bonds. The van der Waals surface area contributed by atoms with Gasteiger partial charge in [0.05, 0.1) is 10.6 Å². The highest BCUT2D eigenvalue weighted by atomic mass is 32.2. The SMILES string of the molecule is CCCN1CCc2nc(NC(=O)c3ccc(S(=O)(=O)N4CCCC4)cc3)sc2C1. The number of nitrogens with zero attached hydrogens (tertiary/aromatic N) is 3. The third-order valence-electron chi connectivity index (χ3n) is 5.39. The van der Waals surface area contributed by atoms with E-state index in [9.17, 15) is 13.2 Å². The molecule has 2 aromatic rings. The average molecular weight is 435 g/mol. The molecule has 7 nitrogen and oxygen atoms in total. The molecule has 1 fully saturated rings. The highest BCUT2D eigenvalue weighted by Gasteiger charge is 2.27. The molecule has 3 heterocycles. The van der Waals surface area contributed by atoms with Gasteiger partial charge in [-0.05, 0) is 50.1 Å². The second kappa shape index (κ2) is 8.51. The van der Waals surface area contributed by atoms with Crippen LogP contribution in [0.1, 0.15) is 47.1 Å². The van der Waals surface area contributed by atoms with Gasteiger partial charge in [0.2, 0.25) is 10.0 Å². The molecular weight excluding hydrogens is 408 g/mol. The van der Waals surface area contributed by atoms with Gasteiger partial charge >= 0.3 is 0 Å². The summed E-state index contributed by atoms with van der Waals surface area (Å²) in [5.41, 5.74) is 1.50. The van der Waals surface area contributed by atoms with Crippen LogP contribution < -0.4 is 5.32 Å². The van der Waals surface area contributed by atoms with E-state index in [2.05, 4.69) is 22.1 Å². The van der Waals surface area contributed by atoms with Crippen LogP contribution in [0.5, 0.6) is 0 Å². The van der Waals surface area contributed by atoms with Gasteiger partial charge in [-0.1, -0.05) is 6.92 Å². The third kappa shape index (κ3) is 4.37. The molecule has 1 aromatic carbocycles. The number of aromatic nitrogens is 1. The van der Waals surface area contributed by atoms with Crippen molar-refractivity contribution in [1.82, 2.24) is 14.2 Å². The van der Waals surface area contributed by atoms with Crippen molar-refractivity contribution in [3.05, 3.63) is 40.4 Å². The van der Waals surface area contributed by atoms with Crippen molar-refractivity contribution >= 4 is 32.4 Å². The molecule has 1 N–H and O–H groups in total. The van der Waals surface area contributed by atoms with Crippen LogP contribution >= 0.6 is 11.3 Å². The minimum atomic E-state index is -3.47. The van der Waals surface area contributed by atoms with E-state index in [0.29, 0.717) is 23.8 Å². The lowest BCUT2D eigenvalue weighted by Gasteiger charge is -2.24. The molecular formula is C20H26N4O3S2. The number of carbonyl (C=O) groups is 1. The normalized spacial score (nSPS) is 18.0. The highest BCUT2D eigenvalue weighted by molar-refractivity contribution is 7.89. The van der Waals surface area contributed by atoms with E-state index in [0.717, 1.165) is 51.0 Å². The molecule has 0 unspecified atom stereocenters. The Morgan fingerprint density at radius 2 is 1.90 bits per heavy atom. The molecule has 1 saturated heterocycles. The van der Waals surface area contributed by atoms with Crippen LogP contribution in [0.2, 0.25) is 0 Å². The number of hydrogen-bond acceptors (Lipinski definition) is 6. The van der Waals surface area contributed by atoms with E-state index in [4.69, 9.17) is 0 Å². The molecule has 0 saturated carbocycles. The Kier molecular flexibility index (Phi) is 6.00. The van der Waals surface area contributed by atoms with E-state index in [1.165, 1.54) is 32.7 Å². The molecule has 29 heavy (non-hydrogen) atoms. The number of anilines is 1. The molecule has 0 bridgehead atoms. The second-order valence-electron chi connectivity index (χ2n) is 7.50. The fourth-order valence-corrected chi connectivity index (χ4v) is 6.40. The van der Waals surface area contributed by atoms with Gasteiger partial charge < -0.3 is 0 Å². The first-order valence-corrected chi connectivity index (χ1v) is 12.4. The minimum absolute atomic E-state index is 0.233. The largest absolute Gasteiger partial charge is 0.298 e. The lowest BCUT2D eigenvalue weighted by atomic mass is 10.2. The van der Waals surface area contributed by atoms with Crippen molar-refractivity contribution in [2.24, 2.45) is 0 Å². The molecule has 4 rings (SSSR count). The summed E-state index contributed by atoms with van der Waals surface area (Å²) in [7, 11) is -3.47. The van der Waals surface area contributed by atoms with Gasteiger partial charge in [0.15, 0.2) is 5.13 Å². The number of sulfonamides is 1. The summed E-state index contributed by atoms with van der Waals surface area (Å²) in [5.74, 6) is -0.272. The Hall–Kier alpha value is -1.81. The molecule has 1 aromatic heterocycles. The summed E-state index contributed by atoms with van der Waals surface area (Å²) in [6.07, 6.45) is 3.83. The summed E-state index contributed by atoms with van der Waals surface area (Å²) >= 11 is 1.52. The number of fused-ring (bicyclic) bond motifs is 1. The first-order valence-electron chi connectivity index (χ1n) is 10.1. The fourth-order valence-electron chi connectivity index (χ4n) is 3.83. The number of amides is 1. The van der Waals surface area contributed by atoms with Crippen LogP contribution in [0.3, 0.4) is 0 Å².